The van der Waals surface area contributed by atoms with Crippen LogP contribution in [0, 0.1) is 6.92 Å². The van der Waals surface area contributed by atoms with E-state index in [0.717, 1.165) is 37.2 Å². The number of hydrogen-bond acceptors (Lipinski definition) is 2. The van der Waals surface area contributed by atoms with Crippen molar-refractivity contribution in [2.75, 3.05) is 32.5 Å². The zero-order valence-electron chi connectivity index (χ0n) is 15.3. The first kappa shape index (κ1) is 17.5. The van der Waals surface area contributed by atoms with E-state index < -0.39 is 0 Å². The number of benzene rings is 2. The quantitative estimate of drug-likeness (QED) is 0.910. The highest BCUT2D eigenvalue weighted by Crippen LogP contribution is 2.24. The number of aryl methyl sites for hydroxylation is 1. The van der Waals surface area contributed by atoms with Crippen molar-refractivity contribution in [1.82, 2.24) is 9.80 Å². The molecule has 1 heterocycles. The highest BCUT2D eigenvalue weighted by atomic mass is 16.2. The number of likely N-dealkylation sites (tertiary alicyclic amines) is 1. The van der Waals surface area contributed by atoms with Crippen LogP contribution in [0.3, 0.4) is 0 Å². The van der Waals surface area contributed by atoms with Crippen molar-refractivity contribution < 1.29 is 4.79 Å². The van der Waals surface area contributed by atoms with E-state index in [0.29, 0.717) is 6.04 Å². The number of nitrogens with one attached hydrogen (secondary N) is 1. The predicted octanol–water partition coefficient (Wildman–Crippen LogP) is 4.22. The summed E-state index contributed by atoms with van der Waals surface area (Å²) in [7, 11) is 4.16. The van der Waals surface area contributed by atoms with Crippen LogP contribution in [-0.2, 0) is 0 Å². The molecule has 1 fully saturated rings. The van der Waals surface area contributed by atoms with Gasteiger partial charge in [0.25, 0.3) is 0 Å². The van der Waals surface area contributed by atoms with Gasteiger partial charge in [0, 0.05) is 24.8 Å². The molecular weight excluding hydrogens is 310 g/mol. The SMILES string of the molecule is Cc1cccc(-c2cccc(NC(=O)N3CCCC(N(C)C)C3)c2)c1. The van der Waals surface area contributed by atoms with Crippen LogP contribution in [0.4, 0.5) is 10.5 Å². The average molecular weight is 337 g/mol. The summed E-state index contributed by atoms with van der Waals surface area (Å²) in [6, 6.07) is 16.9. The van der Waals surface area contributed by atoms with Gasteiger partial charge in [0.2, 0.25) is 0 Å². The molecule has 4 nitrogen and oxygen atoms in total. The van der Waals surface area contributed by atoms with Crippen LogP contribution in [0.15, 0.2) is 48.5 Å². The molecule has 0 radical (unpaired) electrons. The van der Waals surface area contributed by atoms with Crippen LogP contribution in [0.25, 0.3) is 11.1 Å². The molecule has 0 bridgehead atoms. The summed E-state index contributed by atoms with van der Waals surface area (Å²) in [4.78, 5) is 16.8. The second-order valence-corrected chi connectivity index (χ2v) is 7.09. The third kappa shape index (κ3) is 4.40. The maximum atomic E-state index is 12.6. The first-order chi connectivity index (χ1) is 12.0. The second-order valence-electron chi connectivity index (χ2n) is 7.09. The Morgan fingerprint density at radius 2 is 1.84 bits per heavy atom. The van der Waals surface area contributed by atoms with E-state index in [4.69, 9.17) is 0 Å². The number of hydrogen-bond donors (Lipinski definition) is 1. The molecule has 2 aromatic rings. The standard InChI is InChI=1S/C21H27N3O/c1-16-7-4-8-17(13-16)18-9-5-10-19(14-18)22-21(25)24-12-6-11-20(15-24)23(2)3/h4-5,7-10,13-14,20H,6,11-12,15H2,1-3H3,(H,22,25). The maximum Gasteiger partial charge on any atom is 0.321 e. The molecule has 0 spiro atoms. The van der Waals surface area contributed by atoms with Crippen LogP contribution in [0.1, 0.15) is 18.4 Å². The Hall–Kier alpha value is -2.33. The summed E-state index contributed by atoms with van der Waals surface area (Å²) < 4.78 is 0. The molecule has 3 rings (SSSR count). The minimum Gasteiger partial charge on any atom is -0.323 e. The Morgan fingerprint density at radius 1 is 1.12 bits per heavy atom. The van der Waals surface area contributed by atoms with Crippen molar-refractivity contribution in [3.63, 3.8) is 0 Å². The fourth-order valence-corrected chi connectivity index (χ4v) is 3.36. The fourth-order valence-electron chi connectivity index (χ4n) is 3.36. The predicted molar refractivity (Wildman–Crippen MR) is 104 cm³/mol. The Labute approximate surface area is 150 Å². The number of amides is 2. The molecule has 1 N–H and O–H groups in total. The summed E-state index contributed by atoms with van der Waals surface area (Å²) in [5.41, 5.74) is 4.36. The zero-order valence-corrected chi connectivity index (χ0v) is 15.3. The number of carbonyl (C=O) groups is 1. The van der Waals surface area contributed by atoms with Crippen molar-refractivity contribution in [1.29, 1.82) is 0 Å². The maximum absolute atomic E-state index is 12.6. The van der Waals surface area contributed by atoms with Gasteiger partial charge in [-0.15, -0.1) is 0 Å². The number of piperidine rings is 1. The number of carbonyl (C=O) groups excluding carboxylic acids is 1. The molecule has 1 aliphatic heterocycles. The largest absolute Gasteiger partial charge is 0.323 e. The number of nitrogens with zero attached hydrogens (tertiary/aromatic N) is 2. The fraction of sp³-hybridized carbons (Fsp3) is 0.381. The molecule has 4 heteroatoms. The lowest BCUT2D eigenvalue weighted by atomic mass is 10.0. The molecule has 1 saturated heterocycles. The first-order valence-corrected chi connectivity index (χ1v) is 8.92. The van der Waals surface area contributed by atoms with E-state index in [-0.39, 0.29) is 6.03 Å². The van der Waals surface area contributed by atoms with Gasteiger partial charge in [-0.1, -0.05) is 42.0 Å². The molecule has 2 aromatic carbocycles. The van der Waals surface area contributed by atoms with E-state index >= 15 is 0 Å². The molecule has 0 aliphatic carbocycles. The molecule has 1 unspecified atom stereocenters. The van der Waals surface area contributed by atoms with Gasteiger partial charge in [0.05, 0.1) is 0 Å². The highest BCUT2D eigenvalue weighted by molar-refractivity contribution is 5.90. The second kappa shape index (κ2) is 7.70. The monoisotopic (exact) mass is 337 g/mol. The summed E-state index contributed by atoms with van der Waals surface area (Å²) in [5, 5.41) is 3.06. The molecule has 0 aromatic heterocycles. The summed E-state index contributed by atoms with van der Waals surface area (Å²) in [5.74, 6) is 0. The highest BCUT2D eigenvalue weighted by Gasteiger charge is 2.24. The van der Waals surface area contributed by atoms with Gasteiger partial charge in [-0.2, -0.15) is 0 Å². The zero-order chi connectivity index (χ0) is 17.8. The van der Waals surface area contributed by atoms with Crippen molar-refractivity contribution in [3.8, 4) is 11.1 Å². The van der Waals surface area contributed by atoms with E-state index in [9.17, 15) is 4.79 Å². The average Bonchev–Trinajstić information content (AvgIpc) is 2.62. The smallest absolute Gasteiger partial charge is 0.321 e. The molecule has 0 saturated carbocycles. The third-order valence-electron chi connectivity index (χ3n) is 4.88. The van der Waals surface area contributed by atoms with Gasteiger partial charge >= 0.3 is 6.03 Å². The van der Waals surface area contributed by atoms with Crippen molar-refractivity contribution in [3.05, 3.63) is 54.1 Å². The topological polar surface area (TPSA) is 35.6 Å². The van der Waals surface area contributed by atoms with Crippen LogP contribution in [0.2, 0.25) is 0 Å². The molecule has 2 amide bonds. The minimum absolute atomic E-state index is 0.00653. The van der Waals surface area contributed by atoms with Gasteiger partial charge in [0.1, 0.15) is 0 Å². The molecule has 1 aliphatic rings. The Balaban J connectivity index is 1.70. The first-order valence-electron chi connectivity index (χ1n) is 8.92. The Bertz CT molecular complexity index is 741. The summed E-state index contributed by atoms with van der Waals surface area (Å²) >= 11 is 0. The molecule has 25 heavy (non-hydrogen) atoms. The van der Waals surface area contributed by atoms with E-state index in [1.807, 2.05) is 23.1 Å². The summed E-state index contributed by atoms with van der Waals surface area (Å²) in [6.45, 7) is 3.71. The summed E-state index contributed by atoms with van der Waals surface area (Å²) in [6.07, 6.45) is 2.21. The normalized spacial score (nSPS) is 17.6. The van der Waals surface area contributed by atoms with Gasteiger partial charge in [-0.05, 0) is 57.1 Å². The third-order valence-corrected chi connectivity index (χ3v) is 4.88. The van der Waals surface area contributed by atoms with Crippen molar-refractivity contribution in [2.24, 2.45) is 0 Å². The van der Waals surface area contributed by atoms with Gasteiger partial charge in [-0.25, -0.2) is 4.79 Å². The number of anilines is 1. The van der Waals surface area contributed by atoms with E-state index in [1.165, 1.54) is 11.1 Å². The number of rotatable bonds is 3. The lowest BCUT2D eigenvalue weighted by molar-refractivity contribution is 0.148. The molecule has 132 valence electrons. The Morgan fingerprint density at radius 3 is 2.56 bits per heavy atom. The van der Waals surface area contributed by atoms with Crippen LogP contribution in [-0.4, -0.2) is 49.1 Å². The minimum atomic E-state index is -0.00653. The molecule has 1 atom stereocenters. The Kier molecular flexibility index (Phi) is 5.39. The van der Waals surface area contributed by atoms with E-state index in [1.54, 1.807) is 0 Å². The van der Waals surface area contributed by atoms with Crippen molar-refractivity contribution >= 4 is 11.7 Å². The van der Waals surface area contributed by atoms with Gasteiger partial charge in [-0.3, -0.25) is 0 Å². The van der Waals surface area contributed by atoms with Crippen LogP contribution in [0.5, 0.6) is 0 Å². The van der Waals surface area contributed by atoms with Gasteiger partial charge in [0.15, 0.2) is 0 Å². The number of likely N-dealkylation sites (N-methyl/N-ethyl adjacent to an activating group) is 1. The van der Waals surface area contributed by atoms with Crippen LogP contribution >= 0.6 is 0 Å². The van der Waals surface area contributed by atoms with Gasteiger partial charge < -0.3 is 15.1 Å². The van der Waals surface area contributed by atoms with Crippen molar-refractivity contribution in [2.45, 2.75) is 25.8 Å². The lowest BCUT2D eigenvalue weighted by Gasteiger charge is -2.36. The lowest BCUT2D eigenvalue weighted by Crippen LogP contribution is -2.48. The molecular formula is C21H27N3O. The van der Waals surface area contributed by atoms with E-state index in [2.05, 4.69) is 61.6 Å². The number of urea groups is 1. The van der Waals surface area contributed by atoms with Crippen LogP contribution < -0.4 is 5.32 Å².